The fourth-order valence-electron chi connectivity index (χ4n) is 2.30. The Morgan fingerprint density at radius 2 is 2.17 bits per heavy atom. The van der Waals surface area contributed by atoms with Crippen molar-refractivity contribution in [2.75, 3.05) is 13.1 Å². The molecular formula is C14H17NO3. The molecule has 1 saturated heterocycles. The van der Waals surface area contributed by atoms with E-state index in [1.165, 1.54) is 11.1 Å². The van der Waals surface area contributed by atoms with Crippen LogP contribution in [0.2, 0.25) is 0 Å². The molecule has 1 atom stereocenters. The lowest BCUT2D eigenvalue weighted by molar-refractivity contribution is -0.141. The summed E-state index contributed by atoms with van der Waals surface area (Å²) in [5, 5.41) is 8.90. The number of carboxylic acid groups (broad SMARTS) is 1. The van der Waals surface area contributed by atoms with Crippen LogP contribution in [0.1, 0.15) is 17.5 Å². The van der Waals surface area contributed by atoms with E-state index in [2.05, 4.69) is 0 Å². The largest absolute Gasteiger partial charge is 0.481 e. The molecule has 0 aromatic heterocycles. The van der Waals surface area contributed by atoms with Crippen LogP contribution in [0.25, 0.3) is 0 Å². The van der Waals surface area contributed by atoms with E-state index >= 15 is 0 Å². The SMILES string of the molecule is Cc1ccccc1CCN1CC(C(=O)O)CC1=O. The molecule has 1 aliphatic heterocycles. The van der Waals surface area contributed by atoms with Gasteiger partial charge in [-0.2, -0.15) is 0 Å². The number of carboxylic acids is 1. The van der Waals surface area contributed by atoms with Gasteiger partial charge in [0.05, 0.1) is 5.92 Å². The molecule has 4 heteroatoms. The van der Waals surface area contributed by atoms with Gasteiger partial charge in [-0.05, 0) is 24.5 Å². The average molecular weight is 247 g/mol. The molecule has 0 aliphatic carbocycles. The number of carbonyl (C=O) groups excluding carboxylic acids is 1. The van der Waals surface area contributed by atoms with Gasteiger partial charge in [0.2, 0.25) is 5.91 Å². The molecule has 0 saturated carbocycles. The van der Waals surface area contributed by atoms with Crippen molar-refractivity contribution < 1.29 is 14.7 Å². The van der Waals surface area contributed by atoms with Gasteiger partial charge in [0.25, 0.3) is 0 Å². The highest BCUT2D eigenvalue weighted by molar-refractivity contribution is 5.86. The van der Waals surface area contributed by atoms with E-state index < -0.39 is 11.9 Å². The Morgan fingerprint density at radius 3 is 2.78 bits per heavy atom. The second kappa shape index (κ2) is 5.21. The van der Waals surface area contributed by atoms with Gasteiger partial charge in [0, 0.05) is 19.5 Å². The number of aliphatic carboxylic acids is 1. The molecule has 1 aromatic rings. The zero-order chi connectivity index (χ0) is 13.1. The Balaban J connectivity index is 1.93. The summed E-state index contributed by atoms with van der Waals surface area (Å²) in [4.78, 5) is 24.2. The van der Waals surface area contributed by atoms with Gasteiger partial charge in [-0.3, -0.25) is 9.59 Å². The maximum absolute atomic E-state index is 11.7. The molecule has 1 aromatic carbocycles. The van der Waals surface area contributed by atoms with Crippen molar-refractivity contribution in [2.45, 2.75) is 19.8 Å². The standard InChI is InChI=1S/C14H17NO3/c1-10-4-2-3-5-11(10)6-7-15-9-12(14(17)18)8-13(15)16/h2-5,12H,6-9H2,1H3,(H,17,18). The average Bonchev–Trinajstić information content (AvgIpc) is 2.70. The Labute approximate surface area is 106 Å². The van der Waals surface area contributed by atoms with Crippen molar-refractivity contribution in [1.29, 1.82) is 0 Å². The van der Waals surface area contributed by atoms with Gasteiger partial charge < -0.3 is 10.0 Å². The predicted octanol–water partition coefficient (Wildman–Crippen LogP) is 1.47. The number of carbonyl (C=O) groups is 2. The fourth-order valence-corrected chi connectivity index (χ4v) is 2.30. The van der Waals surface area contributed by atoms with Gasteiger partial charge >= 0.3 is 5.97 Å². The topological polar surface area (TPSA) is 57.6 Å². The third-order valence-electron chi connectivity index (χ3n) is 3.48. The third-order valence-corrected chi connectivity index (χ3v) is 3.48. The van der Waals surface area contributed by atoms with Crippen LogP contribution >= 0.6 is 0 Å². The Morgan fingerprint density at radius 1 is 1.44 bits per heavy atom. The first-order valence-corrected chi connectivity index (χ1v) is 6.13. The molecule has 1 heterocycles. The van der Waals surface area contributed by atoms with E-state index in [9.17, 15) is 9.59 Å². The van der Waals surface area contributed by atoms with Crippen LogP contribution in [-0.4, -0.2) is 35.0 Å². The first-order valence-electron chi connectivity index (χ1n) is 6.13. The maximum Gasteiger partial charge on any atom is 0.308 e. The monoisotopic (exact) mass is 247 g/mol. The van der Waals surface area contributed by atoms with Crippen molar-refractivity contribution in [3.63, 3.8) is 0 Å². The van der Waals surface area contributed by atoms with Gasteiger partial charge in [-0.25, -0.2) is 0 Å². The lowest BCUT2D eigenvalue weighted by Crippen LogP contribution is -2.28. The maximum atomic E-state index is 11.7. The minimum absolute atomic E-state index is 0.0454. The Kier molecular flexibility index (Phi) is 3.65. The van der Waals surface area contributed by atoms with E-state index in [-0.39, 0.29) is 12.3 Å². The van der Waals surface area contributed by atoms with Crippen molar-refractivity contribution in [1.82, 2.24) is 4.90 Å². The van der Waals surface area contributed by atoms with Crippen LogP contribution in [0.15, 0.2) is 24.3 Å². The van der Waals surface area contributed by atoms with Crippen molar-refractivity contribution in [3.8, 4) is 0 Å². The summed E-state index contributed by atoms with van der Waals surface area (Å²) >= 11 is 0. The molecule has 96 valence electrons. The molecule has 1 unspecified atom stereocenters. The highest BCUT2D eigenvalue weighted by Gasteiger charge is 2.33. The summed E-state index contributed by atoms with van der Waals surface area (Å²) in [7, 11) is 0. The molecular weight excluding hydrogens is 230 g/mol. The number of benzene rings is 1. The van der Waals surface area contributed by atoms with Gasteiger partial charge in [-0.15, -0.1) is 0 Å². The van der Waals surface area contributed by atoms with Crippen molar-refractivity contribution in [2.24, 2.45) is 5.92 Å². The van der Waals surface area contributed by atoms with Crippen LogP contribution in [0, 0.1) is 12.8 Å². The first-order chi connectivity index (χ1) is 8.58. The minimum Gasteiger partial charge on any atom is -0.481 e. The third kappa shape index (κ3) is 2.70. The summed E-state index contributed by atoms with van der Waals surface area (Å²) in [5.41, 5.74) is 2.42. The van der Waals surface area contributed by atoms with Gasteiger partial charge in [0.1, 0.15) is 0 Å². The molecule has 0 bridgehead atoms. The first kappa shape index (κ1) is 12.6. The number of nitrogens with zero attached hydrogens (tertiary/aromatic N) is 1. The van der Waals surface area contributed by atoms with E-state index in [0.717, 1.165) is 6.42 Å². The molecule has 1 amide bonds. The highest BCUT2D eigenvalue weighted by atomic mass is 16.4. The molecule has 1 fully saturated rings. The Bertz CT molecular complexity index is 470. The Hall–Kier alpha value is -1.84. The zero-order valence-corrected chi connectivity index (χ0v) is 10.4. The van der Waals surface area contributed by atoms with Gasteiger partial charge in [-0.1, -0.05) is 24.3 Å². The molecule has 18 heavy (non-hydrogen) atoms. The van der Waals surface area contributed by atoms with Crippen molar-refractivity contribution >= 4 is 11.9 Å². The van der Waals surface area contributed by atoms with Crippen LogP contribution in [0.4, 0.5) is 0 Å². The summed E-state index contributed by atoms with van der Waals surface area (Å²) < 4.78 is 0. The van der Waals surface area contributed by atoms with E-state index in [4.69, 9.17) is 5.11 Å². The van der Waals surface area contributed by atoms with E-state index in [1.807, 2.05) is 31.2 Å². The normalized spacial score (nSPS) is 19.3. The van der Waals surface area contributed by atoms with Gasteiger partial charge in [0.15, 0.2) is 0 Å². The number of aryl methyl sites for hydroxylation is 1. The molecule has 0 spiro atoms. The molecule has 1 N–H and O–H groups in total. The highest BCUT2D eigenvalue weighted by Crippen LogP contribution is 2.18. The minimum atomic E-state index is -0.873. The van der Waals surface area contributed by atoms with E-state index in [0.29, 0.717) is 13.1 Å². The van der Waals surface area contributed by atoms with Crippen LogP contribution in [0.3, 0.4) is 0 Å². The number of hydrogen-bond donors (Lipinski definition) is 1. The second-order valence-electron chi connectivity index (χ2n) is 4.76. The molecule has 1 aliphatic rings. The van der Waals surface area contributed by atoms with Crippen LogP contribution in [-0.2, 0) is 16.0 Å². The molecule has 2 rings (SSSR count). The fraction of sp³-hybridized carbons (Fsp3) is 0.429. The summed E-state index contributed by atoms with van der Waals surface area (Å²) in [6, 6.07) is 8.06. The quantitative estimate of drug-likeness (QED) is 0.876. The summed E-state index contributed by atoms with van der Waals surface area (Å²) in [5.74, 6) is -1.45. The zero-order valence-electron chi connectivity index (χ0n) is 10.4. The predicted molar refractivity (Wildman–Crippen MR) is 67.2 cm³/mol. The molecule has 0 radical (unpaired) electrons. The summed E-state index contributed by atoms with van der Waals surface area (Å²) in [6.45, 7) is 2.99. The number of hydrogen-bond acceptors (Lipinski definition) is 2. The number of amides is 1. The number of likely N-dealkylation sites (tertiary alicyclic amines) is 1. The van der Waals surface area contributed by atoms with Crippen LogP contribution < -0.4 is 0 Å². The smallest absolute Gasteiger partial charge is 0.308 e. The lowest BCUT2D eigenvalue weighted by Gasteiger charge is -2.16. The number of rotatable bonds is 4. The lowest BCUT2D eigenvalue weighted by atomic mass is 10.1. The summed E-state index contributed by atoms with van der Waals surface area (Å²) in [6.07, 6.45) is 0.924. The second-order valence-corrected chi connectivity index (χ2v) is 4.76. The van der Waals surface area contributed by atoms with Crippen molar-refractivity contribution in [3.05, 3.63) is 35.4 Å². The van der Waals surface area contributed by atoms with Crippen LogP contribution in [0.5, 0.6) is 0 Å². The van der Waals surface area contributed by atoms with E-state index in [1.54, 1.807) is 4.90 Å². The molecule has 4 nitrogen and oxygen atoms in total.